The Hall–Kier alpha value is -2.42. The van der Waals surface area contributed by atoms with E-state index in [1.807, 2.05) is 24.3 Å². The van der Waals surface area contributed by atoms with Crippen molar-refractivity contribution in [1.82, 2.24) is 0 Å². The summed E-state index contributed by atoms with van der Waals surface area (Å²) >= 11 is 0. The zero-order valence-corrected chi connectivity index (χ0v) is 12.3. The standard InChI is InChI=1S/C19H18O3/c20-17(14-7-2-1-3-8-14)15-9-6-10-16(13-15)19(18(21)22)11-4-5-12-19/h1-3,6-10,13H,4-5,11-12H2,(H,21,22). The smallest absolute Gasteiger partial charge is 0.314 e. The quantitative estimate of drug-likeness (QED) is 0.872. The summed E-state index contributed by atoms with van der Waals surface area (Å²) in [4.78, 5) is 24.3. The molecule has 1 aliphatic rings. The Labute approximate surface area is 129 Å². The van der Waals surface area contributed by atoms with Gasteiger partial charge < -0.3 is 5.11 Å². The van der Waals surface area contributed by atoms with Gasteiger partial charge in [-0.05, 0) is 24.5 Å². The van der Waals surface area contributed by atoms with E-state index in [2.05, 4.69) is 0 Å². The molecule has 22 heavy (non-hydrogen) atoms. The van der Waals surface area contributed by atoms with Gasteiger partial charge in [0.1, 0.15) is 0 Å². The molecular weight excluding hydrogens is 276 g/mol. The maximum atomic E-state index is 12.5. The molecular formula is C19H18O3. The van der Waals surface area contributed by atoms with Gasteiger partial charge in [-0.25, -0.2) is 0 Å². The first-order valence-electron chi connectivity index (χ1n) is 7.57. The Balaban J connectivity index is 2.00. The Morgan fingerprint density at radius 2 is 1.50 bits per heavy atom. The maximum absolute atomic E-state index is 12.5. The second-order valence-corrected chi connectivity index (χ2v) is 5.87. The summed E-state index contributed by atoms with van der Waals surface area (Å²) in [5, 5.41) is 9.68. The van der Waals surface area contributed by atoms with Gasteiger partial charge in [0.15, 0.2) is 5.78 Å². The minimum absolute atomic E-state index is 0.0685. The van der Waals surface area contributed by atoms with Crippen molar-refractivity contribution >= 4 is 11.8 Å². The third-order valence-corrected chi connectivity index (χ3v) is 4.58. The summed E-state index contributed by atoms with van der Waals surface area (Å²) < 4.78 is 0. The molecule has 1 saturated carbocycles. The first-order valence-corrected chi connectivity index (χ1v) is 7.57. The summed E-state index contributed by atoms with van der Waals surface area (Å²) in [5.74, 6) is -0.852. The van der Waals surface area contributed by atoms with Gasteiger partial charge >= 0.3 is 5.97 Å². The van der Waals surface area contributed by atoms with Crippen LogP contribution >= 0.6 is 0 Å². The number of aliphatic carboxylic acids is 1. The average molecular weight is 294 g/mol. The first-order chi connectivity index (χ1) is 10.6. The van der Waals surface area contributed by atoms with Crippen molar-refractivity contribution in [2.45, 2.75) is 31.1 Å². The molecule has 2 aromatic rings. The van der Waals surface area contributed by atoms with Crippen LogP contribution in [-0.2, 0) is 10.2 Å². The number of ketones is 1. The lowest BCUT2D eigenvalue weighted by atomic mass is 9.78. The van der Waals surface area contributed by atoms with E-state index in [1.165, 1.54) is 0 Å². The number of hydrogen-bond donors (Lipinski definition) is 1. The summed E-state index contributed by atoms with van der Waals surface area (Å²) in [6.45, 7) is 0. The number of carbonyl (C=O) groups is 2. The van der Waals surface area contributed by atoms with Crippen molar-refractivity contribution in [3.8, 4) is 0 Å². The lowest BCUT2D eigenvalue weighted by Gasteiger charge is -2.24. The zero-order chi connectivity index (χ0) is 15.6. The van der Waals surface area contributed by atoms with Crippen LogP contribution in [0.5, 0.6) is 0 Å². The Kier molecular flexibility index (Phi) is 3.80. The van der Waals surface area contributed by atoms with E-state index in [4.69, 9.17) is 0 Å². The molecule has 0 aromatic heterocycles. The van der Waals surface area contributed by atoms with Gasteiger partial charge in [0.2, 0.25) is 0 Å². The minimum atomic E-state index is -0.826. The molecule has 0 saturated heterocycles. The molecule has 0 atom stereocenters. The van der Waals surface area contributed by atoms with E-state index in [0.29, 0.717) is 24.0 Å². The lowest BCUT2D eigenvalue weighted by Crippen LogP contribution is -2.32. The number of carbonyl (C=O) groups excluding carboxylic acids is 1. The van der Waals surface area contributed by atoms with Crippen LogP contribution in [0.4, 0.5) is 0 Å². The van der Waals surface area contributed by atoms with E-state index < -0.39 is 11.4 Å². The molecule has 2 aromatic carbocycles. The molecule has 1 fully saturated rings. The normalized spacial score (nSPS) is 16.4. The fraction of sp³-hybridized carbons (Fsp3) is 0.263. The SMILES string of the molecule is O=C(c1ccccc1)c1cccc(C2(C(=O)O)CCCC2)c1. The monoisotopic (exact) mass is 294 g/mol. The van der Waals surface area contributed by atoms with Gasteiger partial charge in [0.25, 0.3) is 0 Å². The predicted molar refractivity (Wildman–Crippen MR) is 84.1 cm³/mol. The van der Waals surface area contributed by atoms with Crippen molar-refractivity contribution in [3.63, 3.8) is 0 Å². The van der Waals surface area contributed by atoms with Crippen molar-refractivity contribution in [1.29, 1.82) is 0 Å². The van der Waals surface area contributed by atoms with Crippen LogP contribution in [0.15, 0.2) is 54.6 Å². The first kappa shape index (κ1) is 14.5. The second kappa shape index (κ2) is 5.76. The highest BCUT2D eigenvalue weighted by molar-refractivity contribution is 6.09. The second-order valence-electron chi connectivity index (χ2n) is 5.87. The Morgan fingerprint density at radius 3 is 2.14 bits per heavy atom. The minimum Gasteiger partial charge on any atom is -0.481 e. The molecule has 3 heteroatoms. The molecule has 1 aliphatic carbocycles. The number of carboxylic acid groups (broad SMARTS) is 1. The van der Waals surface area contributed by atoms with Crippen LogP contribution in [0.25, 0.3) is 0 Å². The van der Waals surface area contributed by atoms with Gasteiger partial charge in [-0.3, -0.25) is 9.59 Å². The molecule has 0 radical (unpaired) electrons. The lowest BCUT2D eigenvalue weighted by molar-refractivity contribution is -0.143. The fourth-order valence-corrected chi connectivity index (χ4v) is 3.32. The van der Waals surface area contributed by atoms with E-state index in [1.54, 1.807) is 30.3 Å². The summed E-state index contributed by atoms with van der Waals surface area (Å²) in [7, 11) is 0. The molecule has 0 spiro atoms. The van der Waals surface area contributed by atoms with Crippen molar-refractivity contribution in [3.05, 3.63) is 71.3 Å². The molecule has 0 unspecified atom stereocenters. The molecule has 0 amide bonds. The van der Waals surface area contributed by atoms with Crippen molar-refractivity contribution in [2.24, 2.45) is 0 Å². The molecule has 112 valence electrons. The van der Waals surface area contributed by atoms with Crippen molar-refractivity contribution in [2.75, 3.05) is 0 Å². The van der Waals surface area contributed by atoms with Crippen LogP contribution in [0, 0.1) is 0 Å². The van der Waals surface area contributed by atoms with Gasteiger partial charge in [-0.15, -0.1) is 0 Å². The van der Waals surface area contributed by atoms with Crippen LogP contribution in [0.2, 0.25) is 0 Å². The highest BCUT2D eigenvalue weighted by Gasteiger charge is 2.43. The number of benzene rings is 2. The maximum Gasteiger partial charge on any atom is 0.314 e. The number of hydrogen-bond acceptors (Lipinski definition) is 2. The summed E-state index contributed by atoms with van der Waals surface area (Å²) in [6, 6.07) is 16.2. The van der Waals surface area contributed by atoms with E-state index in [9.17, 15) is 14.7 Å². The zero-order valence-electron chi connectivity index (χ0n) is 12.3. The largest absolute Gasteiger partial charge is 0.481 e. The highest BCUT2D eigenvalue weighted by Crippen LogP contribution is 2.41. The Bertz CT molecular complexity index is 698. The van der Waals surface area contributed by atoms with Gasteiger partial charge in [-0.2, -0.15) is 0 Å². The highest BCUT2D eigenvalue weighted by atomic mass is 16.4. The van der Waals surface area contributed by atoms with E-state index in [-0.39, 0.29) is 5.78 Å². The molecule has 3 nitrogen and oxygen atoms in total. The topological polar surface area (TPSA) is 54.4 Å². The van der Waals surface area contributed by atoms with Crippen molar-refractivity contribution < 1.29 is 14.7 Å². The molecule has 0 bridgehead atoms. The third kappa shape index (κ3) is 2.43. The fourth-order valence-electron chi connectivity index (χ4n) is 3.32. The van der Waals surface area contributed by atoms with Crippen LogP contribution in [0.1, 0.15) is 47.2 Å². The van der Waals surface area contributed by atoms with Gasteiger partial charge in [-0.1, -0.05) is 61.4 Å². The van der Waals surface area contributed by atoms with E-state index >= 15 is 0 Å². The van der Waals surface area contributed by atoms with Crippen LogP contribution in [-0.4, -0.2) is 16.9 Å². The van der Waals surface area contributed by atoms with Crippen LogP contribution < -0.4 is 0 Å². The third-order valence-electron chi connectivity index (χ3n) is 4.58. The molecule has 0 heterocycles. The van der Waals surface area contributed by atoms with Gasteiger partial charge in [0, 0.05) is 11.1 Å². The predicted octanol–water partition coefficient (Wildman–Crippen LogP) is 3.81. The Morgan fingerprint density at radius 1 is 0.864 bits per heavy atom. The van der Waals surface area contributed by atoms with E-state index in [0.717, 1.165) is 18.4 Å². The van der Waals surface area contributed by atoms with Gasteiger partial charge in [0.05, 0.1) is 5.41 Å². The summed E-state index contributed by atoms with van der Waals surface area (Å²) in [5.41, 5.74) is 1.10. The molecule has 0 aliphatic heterocycles. The summed E-state index contributed by atoms with van der Waals surface area (Å²) in [6.07, 6.45) is 3.13. The average Bonchev–Trinajstić information content (AvgIpc) is 3.06. The molecule has 3 rings (SSSR count). The molecule has 1 N–H and O–H groups in total. The van der Waals surface area contributed by atoms with Crippen LogP contribution in [0.3, 0.4) is 0 Å². The number of carboxylic acids is 1. The number of rotatable bonds is 4.